The molecule has 0 aromatic carbocycles. The van der Waals surface area contributed by atoms with Crippen molar-refractivity contribution in [3.63, 3.8) is 0 Å². The number of alkyl halides is 2. The molecule has 0 unspecified atom stereocenters. The lowest BCUT2D eigenvalue weighted by Crippen LogP contribution is -2.20. The molecular formula is C12H11F2N5O3. The third-order valence-corrected chi connectivity index (χ3v) is 2.85. The summed E-state index contributed by atoms with van der Waals surface area (Å²) in [4.78, 5) is 25.5. The quantitative estimate of drug-likeness (QED) is 0.672. The van der Waals surface area contributed by atoms with E-state index in [-0.39, 0.29) is 5.69 Å². The Labute approximate surface area is 122 Å². The lowest BCUT2D eigenvalue weighted by Gasteiger charge is -2.05. The number of anilines is 1. The van der Waals surface area contributed by atoms with E-state index in [1.54, 1.807) is 12.1 Å². The van der Waals surface area contributed by atoms with Crippen molar-refractivity contribution in [1.82, 2.24) is 14.8 Å². The summed E-state index contributed by atoms with van der Waals surface area (Å²) in [6.45, 7) is 0.846. The fraction of sp³-hybridized carbons (Fsp3) is 0.250. The van der Waals surface area contributed by atoms with Crippen molar-refractivity contribution >= 4 is 17.3 Å². The second kappa shape index (κ2) is 6.24. The second-order valence-electron chi connectivity index (χ2n) is 4.32. The number of nitrogens with zero attached hydrogens (tertiary/aromatic N) is 4. The Morgan fingerprint density at radius 2 is 2.09 bits per heavy atom. The van der Waals surface area contributed by atoms with Crippen LogP contribution < -0.4 is 5.32 Å². The zero-order valence-electron chi connectivity index (χ0n) is 11.4. The summed E-state index contributed by atoms with van der Waals surface area (Å²) in [6.07, 6.45) is -0.160. The SMILES string of the molecule is Cc1c([N+](=O)[O-])c(C(F)F)nn1CC(=O)Nc1ccncc1. The average molecular weight is 311 g/mol. The molecule has 0 saturated carbocycles. The lowest BCUT2D eigenvalue weighted by atomic mass is 10.3. The van der Waals surface area contributed by atoms with Crippen molar-refractivity contribution in [3.8, 4) is 0 Å². The minimum atomic E-state index is -3.09. The molecule has 0 fully saturated rings. The highest BCUT2D eigenvalue weighted by Gasteiger charge is 2.31. The van der Waals surface area contributed by atoms with Crippen molar-refractivity contribution in [2.75, 3.05) is 5.32 Å². The number of carbonyl (C=O) groups is 1. The van der Waals surface area contributed by atoms with E-state index in [4.69, 9.17) is 0 Å². The Morgan fingerprint density at radius 3 is 2.59 bits per heavy atom. The first-order chi connectivity index (χ1) is 10.4. The van der Waals surface area contributed by atoms with Crippen LogP contribution in [0.15, 0.2) is 24.5 Å². The monoisotopic (exact) mass is 311 g/mol. The zero-order chi connectivity index (χ0) is 16.3. The first kappa shape index (κ1) is 15.5. The first-order valence-electron chi connectivity index (χ1n) is 6.10. The van der Waals surface area contributed by atoms with Gasteiger partial charge in [-0.3, -0.25) is 24.6 Å². The topological polar surface area (TPSA) is 103 Å². The van der Waals surface area contributed by atoms with Gasteiger partial charge in [0, 0.05) is 18.1 Å². The molecule has 0 aliphatic carbocycles. The van der Waals surface area contributed by atoms with Gasteiger partial charge in [0.2, 0.25) is 11.6 Å². The summed E-state index contributed by atoms with van der Waals surface area (Å²) in [5.41, 5.74) is -1.36. The number of hydrogen-bond acceptors (Lipinski definition) is 5. The maximum absolute atomic E-state index is 12.8. The maximum atomic E-state index is 12.8. The van der Waals surface area contributed by atoms with E-state index >= 15 is 0 Å². The van der Waals surface area contributed by atoms with E-state index in [2.05, 4.69) is 15.4 Å². The van der Waals surface area contributed by atoms with Crippen LogP contribution in [0.4, 0.5) is 20.2 Å². The van der Waals surface area contributed by atoms with Crippen LogP contribution >= 0.6 is 0 Å². The molecule has 0 bridgehead atoms. The summed E-state index contributed by atoms with van der Waals surface area (Å²) < 4.78 is 26.4. The molecule has 2 rings (SSSR count). The van der Waals surface area contributed by atoms with Gasteiger partial charge in [0.15, 0.2) is 0 Å². The van der Waals surface area contributed by atoms with Gasteiger partial charge in [0.25, 0.3) is 6.43 Å². The highest BCUT2D eigenvalue weighted by Crippen LogP contribution is 2.30. The van der Waals surface area contributed by atoms with Gasteiger partial charge in [-0.05, 0) is 19.1 Å². The van der Waals surface area contributed by atoms with Gasteiger partial charge in [-0.1, -0.05) is 0 Å². The molecule has 1 amide bonds. The predicted molar refractivity (Wildman–Crippen MR) is 71.4 cm³/mol. The summed E-state index contributed by atoms with van der Waals surface area (Å²) >= 11 is 0. The normalized spacial score (nSPS) is 10.7. The van der Waals surface area contributed by atoms with Crippen LogP contribution in [-0.4, -0.2) is 25.6 Å². The number of nitro groups is 1. The molecule has 0 spiro atoms. The highest BCUT2D eigenvalue weighted by molar-refractivity contribution is 5.90. The number of halogens is 2. The Hall–Kier alpha value is -2.91. The molecule has 116 valence electrons. The standard InChI is InChI=1S/C12H11F2N5O3/c1-7-11(19(21)22)10(12(13)14)17-18(7)6-9(20)16-8-2-4-15-5-3-8/h2-5,12H,6H2,1H3,(H,15,16,20). The molecule has 1 N–H and O–H groups in total. The van der Waals surface area contributed by atoms with E-state index in [0.717, 1.165) is 4.68 Å². The molecular weight excluding hydrogens is 300 g/mol. The Balaban J connectivity index is 2.21. The summed E-state index contributed by atoms with van der Waals surface area (Å²) in [6, 6.07) is 3.09. The largest absolute Gasteiger partial charge is 0.324 e. The molecule has 2 aromatic rings. The van der Waals surface area contributed by atoms with Crippen LogP contribution in [0.2, 0.25) is 0 Å². The zero-order valence-corrected chi connectivity index (χ0v) is 11.4. The lowest BCUT2D eigenvalue weighted by molar-refractivity contribution is -0.386. The first-order valence-corrected chi connectivity index (χ1v) is 6.10. The molecule has 22 heavy (non-hydrogen) atoms. The number of carbonyl (C=O) groups excluding carboxylic acids is 1. The van der Waals surface area contributed by atoms with E-state index < -0.39 is 35.2 Å². The molecule has 0 aliphatic heterocycles. The Morgan fingerprint density at radius 1 is 1.45 bits per heavy atom. The van der Waals surface area contributed by atoms with E-state index in [1.165, 1.54) is 19.3 Å². The fourth-order valence-corrected chi connectivity index (χ4v) is 1.86. The number of nitrogens with one attached hydrogen (secondary N) is 1. The van der Waals surface area contributed by atoms with Crippen LogP contribution in [0, 0.1) is 17.0 Å². The van der Waals surface area contributed by atoms with Crippen molar-refractivity contribution in [2.24, 2.45) is 0 Å². The number of rotatable bonds is 5. The van der Waals surface area contributed by atoms with Crippen molar-refractivity contribution in [3.05, 3.63) is 46.0 Å². The van der Waals surface area contributed by atoms with Crippen LogP contribution in [0.25, 0.3) is 0 Å². The van der Waals surface area contributed by atoms with Gasteiger partial charge in [-0.25, -0.2) is 8.78 Å². The minimum absolute atomic E-state index is 0.106. The van der Waals surface area contributed by atoms with Crippen molar-refractivity contribution < 1.29 is 18.5 Å². The second-order valence-corrected chi connectivity index (χ2v) is 4.32. The minimum Gasteiger partial charge on any atom is -0.324 e. The van der Waals surface area contributed by atoms with Gasteiger partial charge in [-0.15, -0.1) is 0 Å². The molecule has 2 heterocycles. The smallest absolute Gasteiger partial charge is 0.319 e. The summed E-state index contributed by atoms with van der Waals surface area (Å²) in [5.74, 6) is -0.549. The molecule has 0 radical (unpaired) electrons. The van der Waals surface area contributed by atoms with Gasteiger partial charge in [0.1, 0.15) is 12.2 Å². The van der Waals surface area contributed by atoms with Crippen LogP contribution in [0.3, 0.4) is 0 Å². The van der Waals surface area contributed by atoms with E-state index in [1.807, 2.05) is 0 Å². The molecule has 8 nitrogen and oxygen atoms in total. The third-order valence-electron chi connectivity index (χ3n) is 2.85. The number of aromatic nitrogens is 3. The van der Waals surface area contributed by atoms with Gasteiger partial charge < -0.3 is 5.32 Å². The van der Waals surface area contributed by atoms with Gasteiger partial charge >= 0.3 is 5.69 Å². The van der Waals surface area contributed by atoms with E-state index in [0.29, 0.717) is 5.69 Å². The number of pyridine rings is 1. The summed E-state index contributed by atoms with van der Waals surface area (Å²) in [5, 5.41) is 16.8. The van der Waals surface area contributed by atoms with Crippen LogP contribution in [0.1, 0.15) is 17.8 Å². The van der Waals surface area contributed by atoms with Gasteiger partial charge in [0.05, 0.1) is 4.92 Å². The maximum Gasteiger partial charge on any atom is 0.319 e. The fourth-order valence-electron chi connectivity index (χ4n) is 1.86. The number of hydrogen-bond donors (Lipinski definition) is 1. The predicted octanol–water partition coefficient (Wildman–Crippen LogP) is 2.07. The van der Waals surface area contributed by atoms with Crippen LogP contribution in [-0.2, 0) is 11.3 Å². The average Bonchev–Trinajstić information content (AvgIpc) is 2.77. The number of amides is 1. The van der Waals surface area contributed by atoms with Crippen molar-refractivity contribution in [1.29, 1.82) is 0 Å². The molecule has 0 aliphatic rings. The van der Waals surface area contributed by atoms with E-state index in [9.17, 15) is 23.7 Å². The molecule has 2 aromatic heterocycles. The molecule has 10 heteroatoms. The Bertz CT molecular complexity index is 702. The van der Waals surface area contributed by atoms with Crippen molar-refractivity contribution in [2.45, 2.75) is 19.9 Å². The Kier molecular flexibility index (Phi) is 4.39. The third kappa shape index (κ3) is 3.22. The summed E-state index contributed by atoms with van der Waals surface area (Å²) in [7, 11) is 0. The van der Waals surface area contributed by atoms with Crippen LogP contribution in [0.5, 0.6) is 0 Å². The van der Waals surface area contributed by atoms with Gasteiger partial charge in [-0.2, -0.15) is 5.10 Å². The molecule has 0 atom stereocenters. The molecule has 0 saturated heterocycles. The highest BCUT2D eigenvalue weighted by atomic mass is 19.3.